The van der Waals surface area contributed by atoms with Crippen molar-refractivity contribution in [1.82, 2.24) is 5.32 Å². The van der Waals surface area contributed by atoms with Crippen LogP contribution in [0.1, 0.15) is 22.3 Å². The topological polar surface area (TPSA) is 21.3 Å². The van der Waals surface area contributed by atoms with Crippen molar-refractivity contribution < 1.29 is 9.13 Å². The van der Waals surface area contributed by atoms with E-state index in [0.717, 1.165) is 30.8 Å². The van der Waals surface area contributed by atoms with E-state index in [1.807, 2.05) is 24.3 Å². The van der Waals surface area contributed by atoms with Crippen LogP contribution in [0.5, 0.6) is 5.75 Å². The van der Waals surface area contributed by atoms with E-state index in [1.165, 1.54) is 28.8 Å². The molecule has 0 saturated heterocycles. The maximum Gasteiger partial charge on any atom is 0.123 e. The Morgan fingerprint density at radius 2 is 1.62 bits per heavy atom. The molecular weight excluding hydrogens is 325 g/mol. The van der Waals surface area contributed by atoms with Crippen LogP contribution in [-0.4, -0.2) is 6.54 Å². The molecule has 0 saturated carbocycles. The summed E-state index contributed by atoms with van der Waals surface area (Å²) >= 11 is 0. The maximum absolute atomic E-state index is 12.9. The molecular formula is C23H24FNO. The van der Waals surface area contributed by atoms with Crippen molar-refractivity contribution in [3.63, 3.8) is 0 Å². The second-order valence-electron chi connectivity index (χ2n) is 6.48. The molecule has 3 aromatic rings. The van der Waals surface area contributed by atoms with Gasteiger partial charge in [0.25, 0.3) is 0 Å². The van der Waals surface area contributed by atoms with E-state index in [4.69, 9.17) is 4.74 Å². The van der Waals surface area contributed by atoms with E-state index in [0.29, 0.717) is 6.61 Å². The summed E-state index contributed by atoms with van der Waals surface area (Å²) in [5, 5.41) is 3.42. The van der Waals surface area contributed by atoms with Gasteiger partial charge in [-0.2, -0.15) is 0 Å². The molecule has 3 aromatic carbocycles. The van der Waals surface area contributed by atoms with Crippen LogP contribution in [0.2, 0.25) is 0 Å². The highest BCUT2D eigenvalue weighted by Gasteiger charge is 2.00. The molecule has 0 amide bonds. The van der Waals surface area contributed by atoms with Crippen molar-refractivity contribution in [1.29, 1.82) is 0 Å². The van der Waals surface area contributed by atoms with Crippen LogP contribution in [-0.2, 0) is 19.6 Å². The predicted molar refractivity (Wildman–Crippen MR) is 104 cm³/mol. The van der Waals surface area contributed by atoms with Crippen LogP contribution in [0.4, 0.5) is 4.39 Å². The summed E-state index contributed by atoms with van der Waals surface area (Å²) in [4.78, 5) is 0. The van der Waals surface area contributed by atoms with Gasteiger partial charge < -0.3 is 10.1 Å². The zero-order valence-electron chi connectivity index (χ0n) is 15.0. The summed E-state index contributed by atoms with van der Waals surface area (Å²) in [6.45, 7) is 4.29. The predicted octanol–water partition coefficient (Wildman–Crippen LogP) is 5.05. The molecule has 134 valence electrons. The Kier molecular flexibility index (Phi) is 6.39. The molecule has 0 aliphatic carbocycles. The van der Waals surface area contributed by atoms with E-state index in [1.54, 1.807) is 0 Å². The van der Waals surface area contributed by atoms with Crippen LogP contribution in [0.15, 0.2) is 72.8 Å². The molecule has 26 heavy (non-hydrogen) atoms. The number of aryl methyl sites for hydroxylation is 1. The highest BCUT2D eigenvalue weighted by atomic mass is 19.1. The van der Waals surface area contributed by atoms with E-state index in [2.05, 4.69) is 48.6 Å². The molecule has 0 heterocycles. The number of ether oxygens (including phenoxy) is 1. The van der Waals surface area contributed by atoms with Gasteiger partial charge in [-0.3, -0.25) is 0 Å². The Balaban J connectivity index is 1.45. The Labute approximate surface area is 154 Å². The van der Waals surface area contributed by atoms with Crippen LogP contribution >= 0.6 is 0 Å². The fraction of sp³-hybridized carbons (Fsp3) is 0.217. The molecule has 0 fully saturated rings. The molecule has 1 N–H and O–H groups in total. The first-order chi connectivity index (χ1) is 12.7. The molecule has 0 spiro atoms. The first-order valence-electron chi connectivity index (χ1n) is 8.91. The second kappa shape index (κ2) is 9.16. The lowest BCUT2D eigenvalue weighted by atomic mass is 10.1. The van der Waals surface area contributed by atoms with E-state index < -0.39 is 0 Å². The van der Waals surface area contributed by atoms with Crippen LogP contribution in [0.3, 0.4) is 0 Å². The van der Waals surface area contributed by atoms with Crippen molar-refractivity contribution in [2.24, 2.45) is 0 Å². The molecule has 0 unspecified atom stereocenters. The molecule has 0 aromatic heterocycles. The minimum absolute atomic E-state index is 0.191. The average Bonchev–Trinajstić information content (AvgIpc) is 2.65. The molecule has 0 aliphatic heterocycles. The van der Waals surface area contributed by atoms with Gasteiger partial charge in [0.2, 0.25) is 0 Å². The largest absolute Gasteiger partial charge is 0.489 e. The first kappa shape index (κ1) is 18.2. The highest BCUT2D eigenvalue weighted by molar-refractivity contribution is 5.29. The van der Waals surface area contributed by atoms with Crippen molar-refractivity contribution in [2.75, 3.05) is 6.54 Å². The van der Waals surface area contributed by atoms with Crippen LogP contribution < -0.4 is 10.1 Å². The number of hydrogen-bond acceptors (Lipinski definition) is 2. The van der Waals surface area contributed by atoms with Crippen LogP contribution in [0, 0.1) is 12.7 Å². The van der Waals surface area contributed by atoms with Crippen LogP contribution in [0.25, 0.3) is 0 Å². The van der Waals surface area contributed by atoms with Crippen molar-refractivity contribution in [2.45, 2.75) is 26.5 Å². The second-order valence-corrected chi connectivity index (χ2v) is 6.48. The number of benzene rings is 3. The van der Waals surface area contributed by atoms with Crippen molar-refractivity contribution in [3.05, 3.63) is 101 Å². The molecule has 0 radical (unpaired) electrons. The minimum atomic E-state index is -0.191. The number of nitrogens with one attached hydrogen (secondary N) is 1. The molecule has 0 aliphatic rings. The lowest BCUT2D eigenvalue weighted by molar-refractivity contribution is 0.306. The lowest BCUT2D eigenvalue weighted by Crippen LogP contribution is -2.16. The third-order valence-corrected chi connectivity index (χ3v) is 4.22. The Morgan fingerprint density at radius 1 is 0.846 bits per heavy atom. The monoisotopic (exact) mass is 349 g/mol. The van der Waals surface area contributed by atoms with E-state index in [9.17, 15) is 4.39 Å². The van der Waals surface area contributed by atoms with Gasteiger partial charge in [0.15, 0.2) is 0 Å². The quantitative estimate of drug-likeness (QED) is 0.575. The smallest absolute Gasteiger partial charge is 0.123 e. The average molecular weight is 349 g/mol. The Morgan fingerprint density at radius 3 is 2.42 bits per heavy atom. The SMILES string of the molecule is Cc1cccc(COc2cccc(CNCCc3ccc(F)cc3)c2)c1. The normalized spacial score (nSPS) is 10.7. The summed E-state index contributed by atoms with van der Waals surface area (Å²) in [5.41, 5.74) is 4.73. The number of halogens is 1. The van der Waals surface area contributed by atoms with Gasteiger partial charge >= 0.3 is 0 Å². The Hall–Kier alpha value is -2.65. The van der Waals surface area contributed by atoms with Gasteiger partial charge in [0, 0.05) is 6.54 Å². The first-order valence-corrected chi connectivity index (χ1v) is 8.91. The molecule has 3 rings (SSSR count). The summed E-state index contributed by atoms with van der Waals surface area (Å²) in [7, 11) is 0. The van der Waals surface area contributed by atoms with E-state index >= 15 is 0 Å². The van der Waals surface area contributed by atoms with Gasteiger partial charge in [-0.1, -0.05) is 54.1 Å². The summed E-state index contributed by atoms with van der Waals surface area (Å²) < 4.78 is 18.8. The fourth-order valence-corrected chi connectivity index (χ4v) is 2.83. The highest BCUT2D eigenvalue weighted by Crippen LogP contribution is 2.16. The number of rotatable bonds is 8. The van der Waals surface area contributed by atoms with E-state index in [-0.39, 0.29) is 5.82 Å². The third-order valence-electron chi connectivity index (χ3n) is 4.22. The lowest BCUT2D eigenvalue weighted by Gasteiger charge is -2.10. The summed E-state index contributed by atoms with van der Waals surface area (Å²) in [6.07, 6.45) is 0.879. The zero-order valence-corrected chi connectivity index (χ0v) is 15.0. The Bertz CT molecular complexity index is 830. The van der Waals surface area contributed by atoms with Gasteiger partial charge in [0.05, 0.1) is 0 Å². The maximum atomic E-state index is 12.9. The van der Waals surface area contributed by atoms with Gasteiger partial charge in [-0.25, -0.2) is 4.39 Å². The molecule has 3 heteroatoms. The standard InChI is InChI=1S/C23H24FNO/c1-18-4-2-6-21(14-18)17-26-23-7-3-5-20(15-23)16-25-13-12-19-8-10-22(24)11-9-19/h2-11,14-15,25H,12-13,16-17H2,1H3. The van der Waals surface area contributed by atoms with Gasteiger partial charge in [-0.15, -0.1) is 0 Å². The minimum Gasteiger partial charge on any atom is -0.489 e. The van der Waals surface area contributed by atoms with Gasteiger partial charge in [-0.05, 0) is 60.8 Å². The summed E-state index contributed by atoms with van der Waals surface area (Å²) in [6, 6.07) is 23.2. The fourth-order valence-electron chi connectivity index (χ4n) is 2.83. The molecule has 0 bridgehead atoms. The van der Waals surface area contributed by atoms with Crippen molar-refractivity contribution >= 4 is 0 Å². The van der Waals surface area contributed by atoms with Gasteiger partial charge in [0.1, 0.15) is 18.2 Å². The molecule has 0 atom stereocenters. The molecule has 2 nitrogen and oxygen atoms in total. The zero-order chi connectivity index (χ0) is 18.2. The third kappa shape index (κ3) is 5.71. The summed E-state index contributed by atoms with van der Waals surface area (Å²) in [5.74, 6) is 0.688. The van der Waals surface area contributed by atoms with Crippen molar-refractivity contribution in [3.8, 4) is 5.75 Å². The number of hydrogen-bond donors (Lipinski definition) is 1.